The van der Waals surface area contributed by atoms with Crippen LogP contribution >= 0.6 is 0 Å². The predicted octanol–water partition coefficient (Wildman–Crippen LogP) is 0.394. The number of nitrogens with two attached hydrogens (primary N) is 1. The molecule has 2 rings (SSSR count). The molecule has 0 aromatic carbocycles. The summed E-state index contributed by atoms with van der Waals surface area (Å²) >= 11 is 0. The van der Waals surface area contributed by atoms with Gasteiger partial charge in [0.25, 0.3) is 0 Å². The highest BCUT2D eigenvalue weighted by molar-refractivity contribution is 5.93. The second kappa shape index (κ2) is 3.00. The molecule has 5 nitrogen and oxygen atoms in total. The number of hydrogen-bond acceptors (Lipinski definition) is 3. The average Bonchev–Trinajstić information content (AvgIpc) is 2.58. The summed E-state index contributed by atoms with van der Waals surface area (Å²) in [7, 11) is 0. The average molecular weight is 188 g/mol. The number of fused-ring (bicyclic) bond motifs is 1. The number of carbonyl (C=O) groups excluding carboxylic acids is 1. The van der Waals surface area contributed by atoms with Gasteiger partial charge in [-0.3, -0.25) is 9.64 Å². The molecule has 1 aromatic heterocycles. The highest BCUT2D eigenvalue weighted by Gasteiger charge is 2.25. The van der Waals surface area contributed by atoms with Crippen LogP contribution in [-0.4, -0.2) is 17.1 Å². The first-order valence-electron chi connectivity index (χ1n) is 4.12. The van der Waals surface area contributed by atoms with Gasteiger partial charge in [0.2, 0.25) is 5.91 Å². The van der Waals surface area contributed by atoms with Gasteiger partial charge in [0, 0.05) is 11.8 Å². The van der Waals surface area contributed by atoms with Gasteiger partial charge in [-0.2, -0.15) is 0 Å². The van der Waals surface area contributed by atoms with E-state index in [1.165, 1.54) is 6.20 Å². The van der Waals surface area contributed by atoms with Crippen LogP contribution in [0.25, 0.3) is 4.85 Å². The van der Waals surface area contributed by atoms with Gasteiger partial charge < -0.3 is 11.1 Å². The number of aromatic nitrogens is 1. The minimum absolute atomic E-state index is 0.263. The molecule has 14 heavy (non-hydrogen) atoms. The summed E-state index contributed by atoms with van der Waals surface area (Å²) < 4.78 is 0. The van der Waals surface area contributed by atoms with E-state index in [0.717, 1.165) is 5.56 Å². The van der Waals surface area contributed by atoms with Crippen LogP contribution in [0.15, 0.2) is 12.3 Å². The normalized spacial score (nSPS) is 18.1. The van der Waals surface area contributed by atoms with Crippen molar-refractivity contribution in [2.45, 2.75) is 12.6 Å². The zero-order valence-electron chi connectivity index (χ0n) is 7.32. The number of pyridine rings is 1. The molecule has 0 spiro atoms. The van der Waals surface area contributed by atoms with E-state index in [1.807, 2.05) is 0 Å². The van der Waals surface area contributed by atoms with E-state index in [4.69, 9.17) is 12.3 Å². The van der Waals surface area contributed by atoms with Crippen LogP contribution in [0.3, 0.4) is 0 Å². The van der Waals surface area contributed by atoms with E-state index >= 15 is 0 Å². The van der Waals surface area contributed by atoms with Crippen molar-refractivity contribution in [3.8, 4) is 0 Å². The van der Waals surface area contributed by atoms with Gasteiger partial charge in [0.1, 0.15) is 5.82 Å². The van der Waals surface area contributed by atoms with Crippen LogP contribution in [0.4, 0.5) is 5.82 Å². The number of primary amides is 1. The third-order valence-corrected chi connectivity index (χ3v) is 2.12. The van der Waals surface area contributed by atoms with E-state index in [0.29, 0.717) is 17.8 Å². The first-order chi connectivity index (χ1) is 6.70. The fourth-order valence-electron chi connectivity index (χ4n) is 1.43. The smallest absolute Gasteiger partial charge is 0.301 e. The van der Waals surface area contributed by atoms with Crippen LogP contribution < -0.4 is 11.1 Å². The number of hydrogen-bond donors (Lipinski definition) is 2. The molecular formula is C9H8N4O. The Kier molecular flexibility index (Phi) is 1.82. The molecule has 1 aliphatic rings. The van der Waals surface area contributed by atoms with Gasteiger partial charge in [-0.1, -0.05) is 0 Å². The Morgan fingerprint density at radius 3 is 3.21 bits per heavy atom. The third-order valence-electron chi connectivity index (χ3n) is 2.12. The molecule has 1 atom stereocenters. The standard InChI is InChI=1S/C9H8N4O/c1-11-7-3-5-2-6(8(10)14)4-12-9(5)13-7/h2,4,7H,3H2,(H2,10,14)(H,12,13)/t7-/m0/s1. The zero-order valence-corrected chi connectivity index (χ0v) is 7.32. The van der Waals surface area contributed by atoms with Gasteiger partial charge >= 0.3 is 6.17 Å². The molecule has 0 fully saturated rings. The Morgan fingerprint density at radius 2 is 2.57 bits per heavy atom. The number of nitrogens with one attached hydrogen (secondary N) is 1. The lowest BCUT2D eigenvalue weighted by Crippen LogP contribution is -2.11. The number of rotatable bonds is 1. The van der Waals surface area contributed by atoms with Gasteiger partial charge in [-0.25, -0.2) is 11.6 Å². The van der Waals surface area contributed by atoms with Crippen molar-refractivity contribution in [3.05, 3.63) is 34.8 Å². The maximum absolute atomic E-state index is 10.9. The first kappa shape index (κ1) is 8.51. The lowest BCUT2D eigenvalue weighted by atomic mass is 10.1. The monoisotopic (exact) mass is 188 g/mol. The first-order valence-corrected chi connectivity index (χ1v) is 4.12. The molecule has 2 heterocycles. The molecule has 0 unspecified atom stereocenters. The van der Waals surface area contributed by atoms with Crippen molar-refractivity contribution in [2.75, 3.05) is 5.32 Å². The quantitative estimate of drug-likeness (QED) is 0.626. The van der Waals surface area contributed by atoms with E-state index < -0.39 is 5.91 Å². The Morgan fingerprint density at radius 1 is 1.79 bits per heavy atom. The molecule has 0 radical (unpaired) electrons. The summed E-state index contributed by atoms with van der Waals surface area (Å²) in [4.78, 5) is 18.2. The van der Waals surface area contributed by atoms with Crippen LogP contribution in [-0.2, 0) is 6.42 Å². The molecule has 3 N–H and O–H groups in total. The zero-order chi connectivity index (χ0) is 10.1. The van der Waals surface area contributed by atoms with Crippen molar-refractivity contribution >= 4 is 11.7 Å². The van der Waals surface area contributed by atoms with E-state index in [9.17, 15) is 4.79 Å². The number of nitrogens with zero attached hydrogens (tertiary/aromatic N) is 2. The largest absolute Gasteiger partial charge is 0.366 e. The Balaban J connectivity index is 2.36. The van der Waals surface area contributed by atoms with Crippen molar-refractivity contribution < 1.29 is 4.79 Å². The molecule has 0 saturated heterocycles. The Bertz CT molecular complexity index is 435. The molecule has 1 aliphatic heterocycles. The minimum atomic E-state index is -0.494. The fraction of sp³-hybridized carbons (Fsp3) is 0.222. The fourth-order valence-corrected chi connectivity index (χ4v) is 1.43. The molecule has 0 aliphatic carbocycles. The van der Waals surface area contributed by atoms with Crippen LogP contribution in [0.1, 0.15) is 15.9 Å². The predicted molar refractivity (Wildman–Crippen MR) is 50.5 cm³/mol. The van der Waals surface area contributed by atoms with Crippen molar-refractivity contribution in [2.24, 2.45) is 5.73 Å². The van der Waals surface area contributed by atoms with Crippen molar-refractivity contribution in [1.82, 2.24) is 4.98 Å². The summed E-state index contributed by atoms with van der Waals surface area (Å²) in [5, 5.41) is 2.93. The molecule has 5 heteroatoms. The van der Waals surface area contributed by atoms with Gasteiger partial charge in [0.15, 0.2) is 0 Å². The Labute approximate surface area is 80.8 Å². The third kappa shape index (κ3) is 1.27. The van der Waals surface area contributed by atoms with E-state index in [1.54, 1.807) is 6.07 Å². The SMILES string of the molecule is [C-]#[N+][C@@H]1Cc2cc(C(N)=O)cnc2N1. The lowest BCUT2D eigenvalue weighted by Gasteiger charge is -1.98. The van der Waals surface area contributed by atoms with E-state index in [2.05, 4.69) is 15.1 Å². The van der Waals surface area contributed by atoms with E-state index in [-0.39, 0.29) is 6.17 Å². The molecule has 0 saturated carbocycles. The number of amides is 1. The second-order valence-electron chi connectivity index (χ2n) is 3.09. The summed E-state index contributed by atoms with van der Waals surface area (Å²) in [5.41, 5.74) is 6.38. The second-order valence-corrected chi connectivity index (χ2v) is 3.09. The molecule has 1 amide bonds. The number of carbonyl (C=O) groups is 1. The van der Waals surface area contributed by atoms with Crippen molar-refractivity contribution in [3.63, 3.8) is 0 Å². The highest BCUT2D eigenvalue weighted by atomic mass is 16.1. The summed E-state index contributed by atoms with van der Waals surface area (Å²) in [6, 6.07) is 1.68. The summed E-state index contributed by atoms with van der Waals surface area (Å²) in [6.45, 7) is 6.86. The van der Waals surface area contributed by atoms with Gasteiger partial charge in [-0.15, -0.1) is 0 Å². The highest BCUT2D eigenvalue weighted by Crippen LogP contribution is 2.24. The molecule has 0 bridgehead atoms. The van der Waals surface area contributed by atoms with Gasteiger partial charge in [0.05, 0.1) is 12.0 Å². The number of anilines is 1. The summed E-state index contributed by atoms with van der Waals surface area (Å²) in [6.07, 6.45) is 1.73. The molecule has 70 valence electrons. The maximum atomic E-state index is 10.9. The molecular weight excluding hydrogens is 180 g/mol. The lowest BCUT2D eigenvalue weighted by molar-refractivity contribution is 0.1000. The Hall–Kier alpha value is -2.09. The van der Waals surface area contributed by atoms with Crippen LogP contribution in [0.2, 0.25) is 0 Å². The molecule has 1 aromatic rings. The minimum Gasteiger partial charge on any atom is -0.366 e. The topological polar surface area (TPSA) is 72.4 Å². The summed E-state index contributed by atoms with van der Waals surface area (Å²) in [5.74, 6) is 0.183. The van der Waals surface area contributed by atoms with Crippen molar-refractivity contribution in [1.29, 1.82) is 0 Å². The van der Waals surface area contributed by atoms with Crippen LogP contribution in [0, 0.1) is 6.57 Å². The van der Waals surface area contributed by atoms with Crippen LogP contribution in [0.5, 0.6) is 0 Å². The van der Waals surface area contributed by atoms with Gasteiger partial charge in [-0.05, 0) is 6.07 Å². The maximum Gasteiger partial charge on any atom is 0.301 e.